The molecule has 192 valence electrons. The molecule has 8 nitrogen and oxygen atoms in total. The van der Waals surface area contributed by atoms with Gasteiger partial charge in [0.15, 0.2) is 11.5 Å². The highest BCUT2D eigenvalue weighted by Gasteiger charge is 2.80. The molecule has 6 heterocycles. The fourth-order valence-electron chi connectivity index (χ4n) is 8.94. The number of nitrogens with zero attached hydrogens (tertiary/aromatic N) is 2. The largest absolute Gasteiger partial charge is 0.480 e. The molecule has 0 radical (unpaired) electrons. The van der Waals surface area contributed by atoms with Crippen molar-refractivity contribution in [1.82, 2.24) is 9.80 Å². The van der Waals surface area contributed by atoms with Gasteiger partial charge in [-0.25, -0.2) is 0 Å². The molecule has 2 bridgehead atoms. The molecule has 1 saturated carbocycles. The molecular formula is C28H35N3O5. The van der Waals surface area contributed by atoms with Gasteiger partial charge in [-0.15, -0.1) is 0 Å². The Morgan fingerprint density at radius 1 is 1.17 bits per heavy atom. The van der Waals surface area contributed by atoms with E-state index in [4.69, 9.17) is 9.47 Å². The second-order valence-electron chi connectivity index (χ2n) is 12.9. The fourth-order valence-corrected chi connectivity index (χ4v) is 8.94. The van der Waals surface area contributed by atoms with Gasteiger partial charge in [0.05, 0.1) is 29.0 Å². The van der Waals surface area contributed by atoms with Gasteiger partial charge < -0.3 is 24.8 Å². The summed E-state index contributed by atoms with van der Waals surface area (Å²) in [5.74, 6) is 1.15. The minimum absolute atomic E-state index is 0.00899. The number of hydrogen-bond donors (Lipinski definition) is 2. The number of hydrogen-bond acceptors (Lipinski definition) is 6. The van der Waals surface area contributed by atoms with E-state index in [1.807, 2.05) is 44.0 Å². The van der Waals surface area contributed by atoms with Crippen LogP contribution in [0.25, 0.3) is 0 Å². The zero-order valence-corrected chi connectivity index (χ0v) is 21.7. The quantitative estimate of drug-likeness (QED) is 0.578. The van der Waals surface area contributed by atoms with Gasteiger partial charge in [0.2, 0.25) is 11.8 Å². The van der Waals surface area contributed by atoms with Crippen molar-refractivity contribution in [2.75, 3.05) is 25.5 Å². The molecule has 5 atom stereocenters. The second kappa shape index (κ2) is 6.45. The van der Waals surface area contributed by atoms with E-state index in [0.29, 0.717) is 43.0 Å². The molecule has 3 spiro atoms. The molecule has 2 N–H and O–H groups in total. The zero-order valence-electron chi connectivity index (χ0n) is 21.7. The maximum atomic E-state index is 14.2. The zero-order chi connectivity index (χ0) is 25.5. The SMILES string of the molecule is CN1C(=O)[C@]23C[C@H]4C(C)(C)[C@@]5(C[C@@]41CN2CCC[C@@H]3O)C(=O)Nc1c5ccc2c1OC=CC(C)(C)O2. The number of piperidine rings is 3. The third-order valence-electron chi connectivity index (χ3n) is 10.8. The van der Waals surface area contributed by atoms with Crippen LogP contribution in [-0.4, -0.2) is 69.6 Å². The van der Waals surface area contributed by atoms with Crippen molar-refractivity contribution in [2.24, 2.45) is 11.3 Å². The Hall–Kier alpha value is -2.58. The molecule has 8 rings (SSSR count). The third kappa shape index (κ3) is 2.26. The van der Waals surface area contributed by atoms with Crippen molar-refractivity contribution in [3.8, 4) is 11.5 Å². The highest BCUT2D eigenvalue weighted by molar-refractivity contribution is 6.09. The predicted molar refractivity (Wildman–Crippen MR) is 133 cm³/mol. The second-order valence-corrected chi connectivity index (χ2v) is 12.9. The fraction of sp³-hybridized carbons (Fsp3) is 0.643. The lowest BCUT2D eigenvalue weighted by Crippen LogP contribution is -2.83. The number of rotatable bonds is 0. The van der Waals surface area contributed by atoms with Crippen LogP contribution in [0.3, 0.4) is 0 Å². The lowest BCUT2D eigenvalue weighted by molar-refractivity contribution is -0.215. The van der Waals surface area contributed by atoms with Crippen LogP contribution in [0, 0.1) is 11.3 Å². The number of nitrogens with one attached hydrogen (secondary N) is 1. The minimum atomic E-state index is -0.888. The number of anilines is 1. The summed E-state index contributed by atoms with van der Waals surface area (Å²) in [6.45, 7) is 9.79. The molecular weight excluding hydrogens is 458 g/mol. The topological polar surface area (TPSA) is 91.3 Å². The Kier molecular flexibility index (Phi) is 4.05. The van der Waals surface area contributed by atoms with Crippen LogP contribution in [0.2, 0.25) is 0 Å². The van der Waals surface area contributed by atoms with Crippen LogP contribution in [0.4, 0.5) is 5.69 Å². The molecule has 1 aliphatic carbocycles. The predicted octanol–water partition coefficient (Wildman–Crippen LogP) is 2.80. The molecule has 36 heavy (non-hydrogen) atoms. The van der Waals surface area contributed by atoms with Crippen molar-refractivity contribution in [3.05, 3.63) is 30.0 Å². The van der Waals surface area contributed by atoms with Crippen LogP contribution >= 0.6 is 0 Å². The molecule has 4 saturated heterocycles. The van der Waals surface area contributed by atoms with Gasteiger partial charge in [-0.1, -0.05) is 19.9 Å². The summed E-state index contributed by atoms with van der Waals surface area (Å²) >= 11 is 0. The summed E-state index contributed by atoms with van der Waals surface area (Å²) in [6.07, 6.45) is 5.45. The molecule has 6 aliphatic heterocycles. The van der Waals surface area contributed by atoms with Crippen molar-refractivity contribution in [2.45, 2.75) is 81.6 Å². The molecule has 7 aliphatic rings. The van der Waals surface area contributed by atoms with Crippen molar-refractivity contribution >= 4 is 17.5 Å². The van der Waals surface area contributed by atoms with E-state index in [9.17, 15) is 14.7 Å². The maximum absolute atomic E-state index is 14.2. The summed E-state index contributed by atoms with van der Waals surface area (Å²) in [7, 11) is 1.89. The summed E-state index contributed by atoms with van der Waals surface area (Å²) in [6, 6.07) is 3.93. The third-order valence-corrected chi connectivity index (χ3v) is 10.8. The number of benzene rings is 1. The number of carbonyl (C=O) groups excluding carboxylic acids is 2. The van der Waals surface area contributed by atoms with Crippen molar-refractivity contribution < 1.29 is 24.2 Å². The first-order valence-electron chi connectivity index (χ1n) is 13.1. The van der Waals surface area contributed by atoms with Gasteiger partial charge in [0.1, 0.15) is 11.1 Å². The van der Waals surface area contributed by atoms with Crippen LogP contribution in [0.5, 0.6) is 11.5 Å². The Balaban J connectivity index is 1.41. The van der Waals surface area contributed by atoms with Gasteiger partial charge in [0, 0.05) is 13.6 Å². The van der Waals surface area contributed by atoms with Crippen LogP contribution in [0.1, 0.15) is 58.9 Å². The van der Waals surface area contributed by atoms with Gasteiger partial charge in [-0.05, 0) is 75.1 Å². The van der Waals surface area contributed by atoms with Gasteiger partial charge in [-0.3, -0.25) is 14.5 Å². The summed E-state index contributed by atoms with van der Waals surface area (Å²) in [5, 5.41) is 14.4. The van der Waals surface area contributed by atoms with E-state index in [-0.39, 0.29) is 17.7 Å². The lowest BCUT2D eigenvalue weighted by Gasteiger charge is -2.67. The molecule has 1 aromatic carbocycles. The summed E-state index contributed by atoms with van der Waals surface area (Å²) < 4.78 is 12.2. The van der Waals surface area contributed by atoms with E-state index >= 15 is 0 Å². The number of ether oxygens (including phenoxy) is 2. The highest BCUT2D eigenvalue weighted by Crippen LogP contribution is 2.72. The molecule has 8 heteroatoms. The number of aliphatic hydroxyl groups is 1. The summed E-state index contributed by atoms with van der Waals surface area (Å²) in [4.78, 5) is 32.2. The minimum Gasteiger partial charge on any atom is -0.480 e. The van der Waals surface area contributed by atoms with Crippen molar-refractivity contribution in [3.63, 3.8) is 0 Å². The van der Waals surface area contributed by atoms with Gasteiger partial charge >= 0.3 is 0 Å². The number of carbonyl (C=O) groups is 2. The van der Waals surface area contributed by atoms with E-state index < -0.39 is 33.6 Å². The Bertz CT molecular complexity index is 1260. The first-order chi connectivity index (χ1) is 16.9. The van der Waals surface area contributed by atoms with Crippen LogP contribution in [0.15, 0.2) is 24.5 Å². The smallest absolute Gasteiger partial charge is 0.246 e. The Morgan fingerprint density at radius 2 is 1.94 bits per heavy atom. The average molecular weight is 494 g/mol. The number of fused-ring (bicyclic) bond motifs is 5. The van der Waals surface area contributed by atoms with E-state index in [0.717, 1.165) is 18.5 Å². The van der Waals surface area contributed by atoms with Gasteiger partial charge in [-0.2, -0.15) is 0 Å². The standard InChI is InChI=1S/C28H35N3O5/c1-24(2)10-12-35-21-17(36-24)9-8-16-20(21)29-22(33)27(16)14-26-15-31-11-6-7-19(32)28(31,23(34)30(26)5)13-18(26)25(27,3)4/h8-10,12,18-19,32H,6-7,11,13-15H2,1-5H3,(H,29,33)/t18-,19-,26+,27+,28+/m0/s1. The monoisotopic (exact) mass is 493 g/mol. The lowest BCUT2D eigenvalue weighted by atomic mass is 9.55. The van der Waals surface area contributed by atoms with Crippen molar-refractivity contribution in [1.29, 1.82) is 0 Å². The number of likely N-dealkylation sites (N-methyl/N-ethyl adjacent to an activating group) is 1. The first-order valence-corrected chi connectivity index (χ1v) is 13.1. The molecule has 5 fully saturated rings. The number of amides is 2. The molecule has 2 amide bonds. The van der Waals surface area contributed by atoms with Crippen LogP contribution < -0.4 is 14.8 Å². The molecule has 0 unspecified atom stereocenters. The van der Waals surface area contributed by atoms with E-state index in [2.05, 4.69) is 24.1 Å². The maximum Gasteiger partial charge on any atom is 0.246 e. The summed E-state index contributed by atoms with van der Waals surface area (Å²) in [5.41, 5.74) is -1.63. The Morgan fingerprint density at radius 3 is 2.72 bits per heavy atom. The number of aliphatic hydroxyl groups excluding tert-OH is 1. The van der Waals surface area contributed by atoms with E-state index in [1.54, 1.807) is 6.26 Å². The van der Waals surface area contributed by atoms with Crippen LogP contribution in [-0.2, 0) is 15.0 Å². The molecule has 1 aromatic rings. The normalized spacial score (nSPS) is 41.1. The molecule has 0 aromatic heterocycles. The number of piperazine rings is 1. The highest BCUT2D eigenvalue weighted by atomic mass is 16.5. The average Bonchev–Trinajstić information content (AvgIpc) is 3.13. The van der Waals surface area contributed by atoms with E-state index in [1.165, 1.54) is 0 Å². The van der Waals surface area contributed by atoms with Gasteiger partial charge in [0.25, 0.3) is 0 Å². The first kappa shape index (κ1) is 22.6. The Labute approximate surface area is 211 Å².